The number of aromatic hydroxyl groups is 1. The van der Waals surface area contributed by atoms with Crippen LogP contribution in [0.4, 0.5) is 0 Å². The third-order valence-electron chi connectivity index (χ3n) is 4.71. The van der Waals surface area contributed by atoms with Crippen molar-refractivity contribution in [3.05, 3.63) is 102 Å². The fourth-order valence-corrected chi connectivity index (χ4v) is 3.27. The molecule has 2 aromatic heterocycles. The van der Waals surface area contributed by atoms with Crippen molar-refractivity contribution < 1.29 is 9.90 Å². The van der Waals surface area contributed by atoms with Crippen LogP contribution in [0, 0.1) is 0 Å². The average molecular weight is 369 g/mol. The highest BCUT2D eigenvalue weighted by Crippen LogP contribution is 2.26. The standard InChI is InChI=1S/C23H19N3O2/c27-22-20-18(12-7-13-24-20)14-25-21(22)23(28)26-15-19(16-8-3-1-4-9-16)17-10-5-2-6-11-17/h1-14,19,27H,15H2,(H,26,28). The molecule has 0 saturated carbocycles. The molecule has 2 aromatic carbocycles. The molecule has 5 heteroatoms. The summed E-state index contributed by atoms with van der Waals surface area (Å²) in [6.07, 6.45) is 3.12. The van der Waals surface area contributed by atoms with E-state index in [-0.39, 0.29) is 17.4 Å². The van der Waals surface area contributed by atoms with Crippen molar-refractivity contribution in [2.75, 3.05) is 6.54 Å². The van der Waals surface area contributed by atoms with Crippen molar-refractivity contribution in [1.82, 2.24) is 15.3 Å². The molecule has 0 saturated heterocycles. The largest absolute Gasteiger partial charge is 0.504 e. The molecule has 1 amide bonds. The summed E-state index contributed by atoms with van der Waals surface area (Å²) < 4.78 is 0. The Morgan fingerprint density at radius 3 is 2.18 bits per heavy atom. The minimum atomic E-state index is -0.429. The molecule has 0 spiro atoms. The minimum absolute atomic E-state index is 0.00734. The van der Waals surface area contributed by atoms with Gasteiger partial charge in [-0.25, -0.2) is 4.98 Å². The first kappa shape index (κ1) is 17.7. The van der Waals surface area contributed by atoms with Crippen molar-refractivity contribution in [3.8, 4) is 5.75 Å². The van der Waals surface area contributed by atoms with Crippen LogP contribution in [0.1, 0.15) is 27.5 Å². The van der Waals surface area contributed by atoms with E-state index in [1.165, 1.54) is 0 Å². The maximum atomic E-state index is 12.7. The first-order chi connectivity index (χ1) is 13.7. The molecule has 4 aromatic rings. The maximum Gasteiger partial charge on any atom is 0.273 e. The van der Waals surface area contributed by atoms with E-state index in [2.05, 4.69) is 15.3 Å². The summed E-state index contributed by atoms with van der Waals surface area (Å²) in [5.74, 6) is -0.638. The van der Waals surface area contributed by atoms with Crippen molar-refractivity contribution in [3.63, 3.8) is 0 Å². The van der Waals surface area contributed by atoms with Crippen LogP contribution in [0.25, 0.3) is 10.9 Å². The lowest BCUT2D eigenvalue weighted by Gasteiger charge is -2.19. The molecule has 0 atom stereocenters. The number of pyridine rings is 2. The van der Waals surface area contributed by atoms with E-state index in [0.717, 1.165) is 11.1 Å². The lowest BCUT2D eigenvalue weighted by atomic mass is 9.91. The molecule has 28 heavy (non-hydrogen) atoms. The zero-order valence-electron chi connectivity index (χ0n) is 15.1. The SMILES string of the molecule is O=C(NCC(c1ccccc1)c1ccccc1)c1ncc2cccnc2c1O. The van der Waals surface area contributed by atoms with Gasteiger partial charge in [-0.2, -0.15) is 0 Å². The Morgan fingerprint density at radius 2 is 1.54 bits per heavy atom. The molecular formula is C23H19N3O2. The van der Waals surface area contributed by atoms with Crippen LogP contribution in [-0.4, -0.2) is 27.5 Å². The van der Waals surface area contributed by atoms with Gasteiger partial charge in [-0.15, -0.1) is 0 Å². The molecule has 5 nitrogen and oxygen atoms in total. The number of nitrogens with one attached hydrogen (secondary N) is 1. The Hall–Kier alpha value is -3.73. The predicted octanol–water partition coefficient (Wildman–Crippen LogP) is 3.90. The van der Waals surface area contributed by atoms with Crippen molar-refractivity contribution in [2.45, 2.75) is 5.92 Å². The summed E-state index contributed by atoms with van der Waals surface area (Å²) in [5, 5.41) is 14.0. The smallest absolute Gasteiger partial charge is 0.273 e. The zero-order chi connectivity index (χ0) is 19.3. The highest BCUT2D eigenvalue weighted by molar-refractivity contribution is 6.00. The van der Waals surface area contributed by atoms with E-state index < -0.39 is 5.91 Å². The van der Waals surface area contributed by atoms with Gasteiger partial charge in [0.1, 0.15) is 5.52 Å². The molecule has 2 heterocycles. The molecule has 138 valence electrons. The Balaban J connectivity index is 1.59. The minimum Gasteiger partial charge on any atom is -0.504 e. The number of hydrogen-bond donors (Lipinski definition) is 2. The van der Waals surface area contributed by atoms with Crippen LogP contribution >= 0.6 is 0 Å². The number of carbonyl (C=O) groups is 1. The Kier molecular flexibility index (Phi) is 4.97. The van der Waals surface area contributed by atoms with Crippen LogP contribution in [0.5, 0.6) is 5.75 Å². The molecule has 0 fully saturated rings. The maximum absolute atomic E-state index is 12.7. The van der Waals surface area contributed by atoms with E-state index in [0.29, 0.717) is 17.4 Å². The molecule has 2 N–H and O–H groups in total. The second-order valence-electron chi connectivity index (χ2n) is 6.48. The van der Waals surface area contributed by atoms with Gasteiger partial charge in [0.15, 0.2) is 11.4 Å². The Bertz CT molecular complexity index is 1060. The molecule has 0 bridgehead atoms. The summed E-state index contributed by atoms with van der Waals surface area (Å²) in [5.41, 5.74) is 2.55. The second-order valence-corrected chi connectivity index (χ2v) is 6.48. The van der Waals surface area contributed by atoms with E-state index >= 15 is 0 Å². The van der Waals surface area contributed by atoms with Crippen LogP contribution in [0.3, 0.4) is 0 Å². The molecule has 0 aliphatic rings. The quantitative estimate of drug-likeness (QED) is 0.559. The summed E-state index contributed by atoms with van der Waals surface area (Å²) in [7, 11) is 0. The number of hydrogen-bond acceptors (Lipinski definition) is 4. The summed E-state index contributed by atoms with van der Waals surface area (Å²) in [6.45, 7) is 0.383. The van der Waals surface area contributed by atoms with Gasteiger partial charge in [-0.1, -0.05) is 60.7 Å². The first-order valence-electron chi connectivity index (χ1n) is 9.05. The molecule has 0 aliphatic carbocycles. The van der Waals surface area contributed by atoms with E-state index in [1.54, 1.807) is 24.5 Å². The van der Waals surface area contributed by atoms with Gasteiger partial charge in [0, 0.05) is 30.2 Å². The number of fused-ring (bicyclic) bond motifs is 1. The van der Waals surface area contributed by atoms with E-state index in [4.69, 9.17) is 0 Å². The van der Waals surface area contributed by atoms with Crippen LogP contribution in [-0.2, 0) is 0 Å². The fraction of sp³-hybridized carbons (Fsp3) is 0.0870. The predicted molar refractivity (Wildman–Crippen MR) is 108 cm³/mol. The first-order valence-corrected chi connectivity index (χ1v) is 9.05. The fourth-order valence-electron chi connectivity index (χ4n) is 3.27. The van der Waals surface area contributed by atoms with Crippen LogP contribution in [0.15, 0.2) is 85.2 Å². The van der Waals surface area contributed by atoms with Gasteiger partial charge in [0.25, 0.3) is 5.91 Å². The molecule has 0 radical (unpaired) electrons. The van der Waals surface area contributed by atoms with Gasteiger partial charge >= 0.3 is 0 Å². The van der Waals surface area contributed by atoms with Crippen molar-refractivity contribution >= 4 is 16.8 Å². The third kappa shape index (κ3) is 3.55. The van der Waals surface area contributed by atoms with E-state index in [9.17, 15) is 9.90 Å². The molecular weight excluding hydrogens is 350 g/mol. The van der Waals surface area contributed by atoms with Crippen molar-refractivity contribution in [1.29, 1.82) is 0 Å². The zero-order valence-corrected chi connectivity index (χ0v) is 15.1. The highest BCUT2D eigenvalue weighted by Gasteiger charge is 2.19. The van der Waals surface area contributed by atoms with Crippen LogP contribution < -0.4 is 5.32 Å². The number of aromatic nitrogens is 2. The number of rotatable bonds is 5. The molecule has 0 unspecified atom stereocenters. The average Bonchev–Trinajstić information content (AvgIpc) is 2.76. The van der Waals surface area contributed by atoms with Gasteiger partial charge in [0.2, 0.25) is 0 Å². The number of nitrogens with zero attached hydrogens (tertiary/aromatic N) is 2. The summed E-state index contributed by atoms with van der Waals surface area (Å²) in [4.78, 5) is 21.0. The van der Waals surface area contributed by atoms with Gasteiger partial charge in [0.05, 0.1) is 0 Å². The summed E-state index contributed by atoms with van der Waals surface area (Å²) >= 11 is 0. The highest BCUT2D eigenvalue weighted by atomic mass is 16.3. The number of amides is 1. The third-order valence-corrected chi connectivity index (χ3v) is 4.71. The van der Waals surface area contributed by atoms with E-state index in [1.807, 2.05) is 60.7 Å². The summed E-state index contributed by atoms with van der Waals surface area (Å²) in [6, 6.07) is 23.6. The normalized spacial score (nSPS) is 10.9. The lowest BCUT2D eigenvalue weighted by molar-refractivity contribution is 0.0945. The number of benzene rings is 2. The molecule has 0 aliphatic heterocycles. The second kappa shape index (κ2) is 7.88. The topological polar surface area (TPSA) is 75.1 Å². The lowest BCUT2D eigenvalue weighted by Crippen LogP contribution is -2.29. The van der Waals surface area contributed by atoms with Gasteiger partial charge < -0.3 is 10.4 Å². The van der Waals surface area contributed by atoms with Crippen LogP contribution in [0.2, 0.25) is 0 Å². The Labute approximate surface area is 162 Å². The monoisotopic (exact) mass is 369 g/mol. The van der Waals surface area contributed by atoms with Gasteiger partial charge in [-0.3, -0.25) is 9.78 Å². The van der Waals surface area contributed by atoms with Crippen molar-refractivity contribution in [2.24, 2.45) is 0 Å². The Morgan fingerprint density at radius 1 is 0.893 bits per heavy atom. The molecule has 4 rings (SSSR count). The number of carbonyl (C=O) groups excluding carboxylic acids is 1. The van der Waals surface area contributed by atoms with Gasteiger partial charge in [-0.05, 0) is 23.3 Å².